The van der Waals surface area contributed by atoms with Crippen molar-refractivity contribution in [1.29, 1.82) is 0 Å². The van der Waals surface area contributed by atoms with Gasteiger partial charge >= 0.3 is 0 Å². The lowest BCUT2D eigenvalue weighted by atomic mass is 9.79. The van der Waals surface area contributed by atoms with Crippen LogP contribution in [0.2, 0.25) is 0 Å². The number of likely N-dealkylation sites (tertiary alicyclic amines) is 1. The van der Waals surface area contributed by atoms with Crippen LogP contribution in [0.15, 0.2) is 47.1 Å². The monoisotopic (exact) mass is 341 g/mol. The summed E-state index contributed by atoms with van der Waals surface area (Å²) in [7, 11) is 1.72. The van der Waals surface area contributed by atoms with Crippen LogP contribution in [0.1, 0.15) is 36.0 Å². The van der Waals surface area contributed by atoms with E-state index in [1.54, 1.807) is 13.4 Å². The number of aliphatic hydroxyl groups excluding tert-OH is 1. The Labute approximate surface area is 147 Å². The van der Waals surface area contributed by atoms with E-state index in [0.29, 0.717) is 18.5 Å². The summed E-state index contributed by atoms with van der Waals surface area (Å²) < 4.78 is 11.2. The molecule has 25 heavy (non-hydrogen) atoms. The summed E-state index contributed by atoms with van der Waals surface area (Å²) in [6, 6.07) is 11.2. The maximum absolute atomic E-state index is 13.0. The predicted molar refractivity (Wildman–Crippen MR) is 93.2 cm³/mol. The highest BCUT2D eigenvalue weighted by molar-refractivity contribution is 5.95. The minimum Gasteiger partial charge on any atom is -0.464 e. The van der Waals surface area contributed by atoms with E-state index in [1.165, 1.54) is 0 Å². The number of hydrogen-bond acceptors (Lipinski definition) is 4. The minimum absolute atomic E-state index is 0.00372. The van der Waals surface area contributed by atoms with Gasteiger partial charge in [0.15, 0.2) is 0 Å². The Kier molecular flexibility index (Phi) is 4.13. The lowest BCUT2D eigenvalue weighted by molar-refractivity contribution is -0.0824. The van der Waals surface area contributed by atoms with E-state index in [0.717, 1.165) is 30.6 Å². The molecular formula is C20H23NO4. The highest BCUT2D eigenvalue weighted by Crippen LogP contribution is 2.43. The van der Waals surface area contributed by atoms with Gasteiger partial charge < -0.3 is 19.2 Å². The first kappa shape index (κ1) is 16.4. The first-order valence-corrected chi connectivity index (χ1v) is 8.81. The summed E-state index contributed by atoms with van der Waals surface area (Å²) >= 11 is 0. The maximum atomic E-state index is 13.0. The smallest absolute Gasteiger partial charge is 0.254 e. The third-order valence-electron chi connectivity index (χ3n) is 5.76. The van der Waals surface area contributed by atoms with Gasteiger partial charge in [-0.1, -0.05) is 12.1 Å². The molecule has 1 saturated heterocycles. The molecule has 1 aromatic heterocycles. The second-order valence-electron chi connectivity index (χ2n) is 7.02. The molecule has 1 saturated carbocycles. The second-order valence-corrected chi connectivity index (χ2v) is 7.02. The van der Waals surface area contributed by atoms with E-state index in [4.69, 9.17) is 9.15 Å². The van der Waals surface area contributed by atoms with Crippen LogP contribution in [0.5, 0.6) is 0 Å². The number of methoxy groups -OCH3 is 1. The van der Waals surface area contributed by atoms with Gasteiger partial charge in [0, 0.05) is 24.8 Å². The molecule has 0 bridgehead atoms. The minimum atomic E-state index is -0.358. The van der Waals surface area contributed by atoms with Crippen molar-refractivity contribution in [2.24, 2.45) is 0 Å². The Bertz CT molecular complexity index is 740. The van der Waals surface area contributed by atoms with Gasteiger partial charge in [0.1, 0.15) is 5.76 Å². The molecule has 0 unspecified atom stereocenters. The number of amides is 1. The first-order chi connectivity index (χ1) is 12.1. The zero-order valence-corrected chi connectivity index (χ0v) is 14.4. The van der Waals surface area contributed by atoms with Gasteiger partial charge in [-0.15, -0.1) is 0 Å². The molecule has 5 nitrogen and oxygen atoms in total. The first-order valence-electron chi connectivity index (χ1n) is 8.81. The Morgan fingerprint density at radius 3 is 2.76 bits per heavy atom. The molecule has 0 spiro atoms. The molecule has 4 rings (SSSR count). The molecule has 0 radical (unpaired) electrons. The summed E-state index contributed by atoms with van der Waals surface area (Å²) in [6.07, 6.45) is 4.24. The van der Waals surface area contributed by atoms with Gasteiger partial charge in [-0.05, 0) is 49.9 Å². The maximum Gasteiger partial charge on any atom is 0.254 e. The van der Waals surface area contributed by atoms with Gasteiger partial charge in [0.05, 0.1) is 24.0 Å². The molecule has 2 fully saturated rings. The Hall–Kier alpha value is -2.11. The van der Waals surface area contributed by atoms with Gasteiger partial charge in [-0.25, -0.2) is 0 Å². The van der Waals surface area contributed by atoms with Crippen LogP contribution < -0.4 is 0 Å². The molecule has 5 heteroatoms. The molecule has 2 aliphatic rings. The van der Waals surface area contributed by atoms with Crippen molar-refractivity contribution in [1.82, 2.24) is 4.90 Å². The van der Waals surface area contributed by atoms with Gasteiger partial charge in [-0.2, -0.15) is 0 Å². The van der Waals surface area contributed by atoms with Crippen LogP contribution in [0.4, 0.5) is 0 Å². The van der Waals surface area contributed by atoms with Crippen LogP contribution in [0.25, 0.3) is 11.3 Å². The number of nitrogens with zero attached hydrogens (tertiary/aromatic N) is 1. The summed E-state index contributed by atoms with van der Waals surface area (Å²) in [5, 5.41) is 10.1. The van der Waals surface area contributed by atoms with Crippen molar-refractivity contribution >= 4 is 5.91 Å². The third kappa shape index (κ3) is 2.77. The number of hydrogen-bond donors (Lipinski definition) is 1. The topological polar surface area (TPSA) is 62.9 Å². The Balaban J connectivity index is 1.56. The van der Waals surface area contributed by atoms with E-state index < -0.39 is 0 Å². The standard InChI is InChI=1S/C20H23NO4/c1-24-20-9-8-16(22)13-18(20)21(11-10-20)19(23)15-6-4-14(5-7-15)17-3-2-12-25-17/h2-7,12,16,18,22H,8-11,13H2,1H3/t16-,18+,20-/m1/s1. The lowest BCUT2D eigenvalue weighted by Gasteiger charge is -2.42. The van der Waals surface area contributed by atoms with E-state index in [1.807, 2.05) is 41.3 Å². The molecule has 3 atom stereocenters. The predicted octanol–water partition coefficient (Wildman–Crippen LogP) is 3.09. The normalized spacial score (nSPS) is 28.8. The second kappa shape index (κ2) is 6.32. The fourth-order valence-corrected chi connectivity index (χ4v) is 4.31. The SMILES string of the molecule is CO[C@@]12CC[C@@H](O)C[C@@H]1N(C(=O)c1ccc(-c3ccco3)cc1)CC2. The summed E-state index contributed by atoms with van der Waals surface area (Å²) in [5.74, 6) is 0.790. The zero-order valence-electron chi connectivity index (χ0n) is 14.4. The van der Waals surface area contributed by atoms with E-state index in [9.17, 15) is 9.90 Å². The largest absolute Gasteiger partial charge is 0.464 e. The zero-order chi connectivity index (χ0) is 17.4. The van der Waals surface area contributed by atoms with Crippen LogP contribution >= 0.6 is 0 Å². The van der Waals surface area contributed by atoms with Gasteiger partial charge in [-0.3, -0.25) is 4.79 Å². The van der Waals surface area contributed by atoms with E-state index in [-0.39, 0.29) is 23.7 Å². The van der Waals surface area contributed by atoms with Gasteiger partial charge in [0.25, 0.3) is 5.91 Å². The lowest BCUT2D eigenvalue weighted by Crippen LogP contribution is -2.52. The Morgan fingerprint density at radius 1 is 1.28 bits per heavy atom. The van der Waals surface area contributed by atoms with Crippen LogP contribution in [-0.4, -0.2) is 47.3 Å². The molecule has 1 aromatic carbocycles. The highest BCUT2D eigenvalue weighted by Gasteiger charge is 2.52. The summed E-state index contributed by atoms with van der Waals surface area (Å²) in [6.45, 7) is 0.671. The fraction of sp³-hybridized carbons (Fsp3) is 0.450. The Morgan fingerprint density at radius 2 is 2.08 bits per heavy atom. The number of fused-ring (bicyclic) bond motifs is 1. The third-order valence-corrected chi connectivity index (χ3v) is 5.76. The van der Waals surface area contributed by atoms with Crippen molar-refractivity contribution < 1.29 is 19.1 Å². The molecule has 2 aromatic rings. The molecule has 132 valence electrons. The number of ether oxygens (including phenoxy) is 1. The van der Waals surface area contributed by atoms with E-state index in [2.05, 4.69) is 0 Å². The number of carbonyl (C=O) groups excluding carboxylic acids is 1. The summed E-state index contributed by atoms with van der Waals surface area (Å²) in [4.78, 5) is 14.9. The molecule has 1 aliphatic carbocycles. The highest BCUT2D eigenvalue weighted by atomic mass is 16.5. The quantitative estimate of drug-likeness (QED) is 0.932. The fourth-order valence-electron chi connectivity index (χ4n) is 4.31. The number of rotatable bonds is 3. The number of carbonyl (C=O) groups is 1. The molecule has 2 heterocycles. The van der Waals surface area contributed by atoms with Crippen molar-refractivity contribution in [3.05, 3.63) is 48.2 Å². The molecular weight excluding hydrogens is 318 g/mol. The average Bonchev–Trinajstić information content (AvgIpc) is 3.30. The van der Waals surface area contributed by atoms with Crippen molar-refractivity contribution in [2.45, 2.75) is 43.4 Å². The molecule has 1 amide bonds. The van der Waals surface area contributed by atoms with Crippen LogP contribution in [-0.2, 0) is 4.74 Å². The number of benzene rings is 1. The summed E-state index contributed by atoms with van der Waals surface area (Å²) in [5.41, 5.74) is 1.30. The van der Waals surface area contributed by atoms with Crippen molar-refractivity contribution in [2.75, 3.05) is 13.7 Å². The van der Waals surface area contributed by atoms with Gasteiger partial charge in [0.2, 0.25) is 0 Å². The number of aliphatic hydroxyl groups is 1. The van der Waals surface area contributed by atoms with Crippen molar-refractivity contribution in [3.63, 3.8) is 0 Å². The van der Waals surface area contributed by atoms with Crippen LogP contribution in [0, 0.1) is 0 Å². The van der Waals surface area contributed by atoms with Crippen LogP contribution in [0.3, 0.4) is 0 Å². The van der Waals surface area contributed by atoms with Crippen molar-refractivity contribution in [3.8, 4) is 11.3 Å². The number of furan rings is 1. The molecule has 1 N–H and O–H groups in total. The van der Waals surface area contributed by atoms with E-state index >= 15 is 0 Å². The average molecular weight is 341 g/mol. The molecule has 1 aliphatic heterocycles.